The molecular formula is C13H23NO4S2. The number of nitrogens with one attached hydrogen (secondary N) is 1. The van der Waals surface area contributed by atoms with Crippen LogP contribution in [0, 0.1) is 12.8 Å². The minimum atomic E-state index is -3.51. The van der Waals surface area contributed by atoms with Gasteiger partial charge in [-0.15, -0.1) is 11.3 Å². The lowest BCUT2D eigenvalue weighted by atomic mass is 10.1. The molecule has 5 nitrogen and oxygen atoms in total. The first kappa shape index (κ1) is 17.6. The highest BCUT2D eigenvalue weighted by Crippen LogP contribution is 2.25. The lowest BCUT2D eigenvalue weighted by Crippen LogP contribution is -2.27. The van der Waals surface area contributed by atoms with E-state index in [1.807, 2.05) is 0 Å². The van der Waals surface area contributed by atoms with Gasteiger partial charge in [0.2, 0.25) is 10.0 Å². The van der Waals surface area contributed by atoms with Crippen LogP contribution in [0.1, 0.15) is 30.0 Å². The number of ether oxygens (including phenoxy) is 1. The van der Waals surface area contributed by atoms with Crippen molar-refractivity contribution in [3.63, 3.8) is 0 Å². The molecule has 0 atom stereocenters. The van der Waals surface area contributed by atoms with Crippen molar-refractivity contribution in [3.8, 4) is 0 Å². The number of aliphatic hydroxyl groups excluding tert-OH is 1. The fourth-order valence-corrected chi connectivity index (χ4v) is 4.12. The van der Waals surface area contributed by atoms with Gasteiger partial charge in [0.1, 0.15) is 0 Å². The summed E-state index contributed by atoms with van der Waals surface area (Å²) in [5, 5.41) is 9.03. The van der Waals surface area contributed by atoms with Crippen LogP contribution in [0.15, 0.2) is 11.0 Å². The predicted octanol–water partition coefficient (Wildman–Crippen LogP) is 1.89. The van der Waals surface area contributed by atoms with Gasteiger partial charge in [-0.3, -0.25) is 0 Å². The zero-order valence-corrected chi connectivity index (χ0v) is 13.8. The second kappa shape index (κ2) is 8.09. The van der Waals surface area contributed by atoms with Gasteiger partial charge < -0.3 is 9.84 Å². The molecule has 1 aromatic heterocycles. The normalized spacial score (nSPS) is 12.2. The van der Waals surface area contributed by atoms with Crippen molar-refractivity contribution in [3.05, 3.63) is 15.8 Å². The van der Waals surface area contributed by atoms with Crippen molar-refractivity contribution in [2.24, 2.45) is 5.92 Å². The molecule has 0 saturated heterocycles. The van der Waals surface area contributed by atoms with E-state index in [2.05, 4.69) is 18.6 Å². The molecule has 0 fully saturated rings. The van der Waals surface area contributed by atoms with Gasteiger partial charge >= 0.3 is 0 Å². The Morgan fingerprint density at radius 3 is 2.65 bits per heavy atom. The number of aliphatic hydroxyl groups is 1. The molecule has 0 unspecified atom stereocenters. The van der Waals surface area contributed by atoms with Gasteiger partial charge in [-0.25, -0.2) is 13.1 Å². The van der Waals surface area contributed by atoms with Crippen LogP contribution >= 0.6 is 11.3 Å². The molecule has 0 aliphatic heterocycles. The number of rotatable bonds is 9. The maximum Gasteiger partial charge on any atom is 0.241 e. The first-order chi connectivity index (χ1) is 9.36. The molecular weight excluding hydrogens is 298 g/mol. The summed E-state index contributed by atoms with van der Waals surface area (Å²) in [6.45, 7) is 7.09. The molecule has 0 saturated carbocycles. The first-order valence-electron chi connectivity index (χ1n) is 6.64. The third kappa shape index (κ3) is 5.49. The smallest absolute Gasteiger partial charge is 0.241 e. The Morgan fingerprint density at radius 2 is 2.10 bits per heavy atom. The van der Waals surface area contributed by atoms with Crippen LogP contribution in [0.4, 0.5) is 0 Å². The Kier molecular flexibility index (Phi) is 7.11. The molecule has 0 spiro atoms. The molecule has 0 radical (unpaired) electrons. The van der Waals surface area contributed by atoms with Crippen LogP contribution in [0.5, 0.6) is 0 Å². The Morgan fingerprint density at radius 1 is 1.40 bits per heavy atom. The molecule has 20 heavy (non-hydrogen) atoms. The van der Waals surface area contributed by atoms with E-state index in [1.54, 1.807) is 6.92 Å². The molecule has 1 rings (SSSR count). The van der Waals surface area contributed by atoms with Gasteiger partial charge in [-0.2, -0.15) is 0 Å². The number of hydrogen-bond acceptors (Lipinski definition) is 5. The third-order valence-electron chi connectivity index (χ3n) is 2.75. The van der Waals surface area contributed by atoms with Crippen LogP contribution < -0.4 is 4.72 Å². The van der Waals surface area contributed by atoms with E-state index in [0.717, 1.165) is 6.42 Å². The summed E-state index contributed by atoms with van der Waals surface area (Å²) in [5.41, 5.74) is 0. The molecule has 7 heteroatoms. The Balaban J connectivity index is 2.43. The summed E-state index contributed by atoms with van der Waals surface area (Å²) in [4.78, 5) is 1.58. The molecule has 1 heterocycles. The highest BCUT2D eigenvalue weighted by Gasteiger charge is 2.19. The first-order valence-corrected chi connectivity index (χ1v) is 8.94. The molecule has 0 aromatic carbocycles. The van der Waals surface area contributed by atoms with E-state index in [1.165, 1.54) is 17.4 Å². The summed E-state index contributed by atoms with van der Waals surface area (Å²) in [6, 6.07) is 1.52. The lowest BCUT2D eigenvalue weighted by Gasteiger charge is -2.08. The van der Waals surface area contributed by atoms with Crippen LogP contribution in [-0.4, -0.2) is 33.3 Å². The Labute approximate surface area is 125 Å². The minimum absolute atomic E-state index is 0.140. The number of aryl methyl sites for hydroxylation is 1. The highest BCUT2D eigenvalue weighted by molar-refractivity contribution is 7.89. The van der Waals surface area contributed by atoms with E-state index >= 15 is 0 Å². The fraction of sp³-hybridized carbons (Fsp3) is 0.692. The fourth-order valence-electron chi connectivity index (χ4n) is 1.62. The van der Waals surface area contributed by atoms with Crippen LogP contribution in [0.25, 0.3) is 0 Å². The van der Waals surface area contributed by atoms with Gasteiger partial charge in [0, 0.05) is 22.9 Å². The van der Waals surface area contributed by atoms with Crippen molar-refractivity contribution in [2.45, 2.75) is 38.7 Å². The summed E-state index contributed by atoms with van der Waals surface area (Å²) >= 11 is 1.29. The summed E-state index contributed by atoms with van der Waals surface area (Å²) in [5.74, 6) is 0.581. The van der Waals surface area contributed by atoms with Gasteiger partial charge in [-0.05, 0) is 25.3 Å². The van der Waals surface area contributed by atoms with Crippen LogP contribution in [0.2, 0.25) is 0 Å². The molecule has 1 aromatic rings. The Bertz CT molecular complexity index is 508. The van der Waals surface area contributed by atoms with E-state index in [-0.39, 0.29) is 18.0 Å². The quantitative estimate of drug-likeness (QED) is 0.681. The van der Waals surface area contributed by atoms with Crippen molar-refractivity contribution in [2.75, 3.05) is 19.8 Å². The van der Waals surface area contributed by atoms with E-state index in [4.69, 9.17) is 9.84 Å². The van der Waals surface area contributed by atoms with E-state index < -0.39 is 10.0 Å². The summed E-state index contributed by atoms with van der Waals surface area (Å²) in [6.07, 6.45) is 0.969. The maximum atomic E-state index is 12.1. The van der Waals surface area contributed by atoms with Crippen LogP contribution in [-0.2, 0) is 21.4 Å². The maximum absolute atomic E-state index is 12.1. The molecule has 0 amide bonds. The monoisotopic (exact) mass is 321 g/mol. The second-order valence-corrected chi connectivity index (χ2v) is 8.06. The Hall–Kier alpha value is -0.470. The van der Waals surface area contributed by atoms with Crippen molar-refractivity contribution >= 4 is 21.4 Å². The SMILES string of the molecule is Cc1sc(CO)cc1S(=O)(=O)NCCOCCC(C)C. The number of thiophene rings is 1. The number of hydrogen-bond donors (Lipinski definition) is 2. The van der Waals surface area contributed by atoms with Gasteiger partial charge in [0.25, 0.3) is 0 Å². The zero-order valence-electron chi connectivity index (χ0n) is 12.2. The summed E-state index contributed by atoms with van der Waals surface area (Å²) < 4.78 is 32.0. The average Bonchev–Trinajstić information content (AvgIpc) is 2.75. The molecule has 0 aliphatic carbocycles. The summed E-state index contributed by atoms with van der Waals surface area (Å²) in [7, 11) is -3.51. The van der Waals surface area contributed by atoms with E-state index in [0.29, 0.717) is 28.9 Å². The third-order valence-corrected chi connectivity index (χ3v) is 5.50. The predicted molar refractivity (Wildman–Crippen MR) is 80.4 cm³/mol. The molecule has 2 N–H and O–H groups in total. The van der Waals surface area contributed by atoms with Crippen molar-refractivity contribution in [1.29, 1.82) is 0 Å². The highest BCUT2D eigenvalue weighted by atomic mass is 32.2. The molecule has 0 aliphatic rings. The molecule has 116 valence electrons. The topological polar surface area (TPSA) is 75.6 Å². The van der Waals surface area contributed by atoms with Gasteiger partial charge in [0.05, 0.1) is 18.1 Å². The minimum Gasteiger partial charge on any atom is -0.391 e. The van der Waals surface area contributed by atoms with Crippen molar-refractivity contribution < 1.29 is 18.3 Å². The second-order valence-electron chi connectivity index (χ2n) is 4.98. The zero-order chi connectivity index (χ0) is 15.2. The van der Waals surface area contributed by atoms with Crippen molar-refractivity contribution in [1.82, 2.24) is 4.72 Å². The lowest BCUT2D eigenvalue weighted by molar-refractivity contribution is 0.128. The standard InChI is InChI=1S/C13H23NO4S2/c1-10(2)4-6-18-7-5-14-20(16,17)13-8-12(9-15)19-11(13)3/h8,10,14-15H,4-7,9H2,1-3H3. The van der Waals surface area contributed by atoms with Gasteiger partial charge in [0.15, 0.2) is 0 Å². The average molecular weight is 321 g/mol. The van der Waals surface area contributed by atoms with Crippen LogP contribution in [0.3, 0.4) is 0 Å². The largest absolute Gasteiger partial charge is 0.391 e. The van der Waals surface area contributed by atoms with Gasteiger partial charge in [-0.1, -0.05) is 13.8 Å². The number of sulfonamides is 1. The molecule has 0 bridgehead atoms. The van der Waals surface area contributed by atoms with E-state index in [9.17, 15) is 8.42 Å².